The van der Waals surface area contributed by atoms with Crippen molar-refractivity contribution in [3.05, 3.63) is 24.0 Å². The molecular formula is C14H19F3N2O3. The van der Waals surface area contributed by atoms with Gasteiger partial charge in [-0.25, -0.2) is 9.18 Å². The number of amides is 2. The second-order valence-corrected chi connectivity index (χ2v) is 4.76. The van der Waals surface area contributed by atoms with Crippen molar-refractivity contribution in [1.29, 1.82) is 0 Å². The molecule has 124 valence electrons. The van der Waals surface area contributed by atoms with Gasteiger partial charge in [0.25, 0.3) is 0 Å². The van der Waals surface area contributed by atoms with Crippen LogP contribution in [0.25, 0.3) is 0 Å². The zero-order valence-electron chi connectivity index (χ0n) is 12.3. The summed E-state index contributed by atoms with van der Waals surface area (Å²) in [5.41, 5.74) is -1.28. The van der Waals surface area contributed by atoms with E-state index in [1.807, 2.05) is 0 Å². The molecule has 0 unspecified atom stereocenters. The van der Waals surface area contributed by atoms with Crippen LogP contribution in [0.2, 0.25) is 0 Å². The van der Waals surface area contributed by atoms with Gasteiger partial charge in [0.15, 0.2) is 0 Å². The molecule has 0 bridgehead atoms. The molecule has 0 aliphatic carbocycles. The fourth-order valence-electron chi connectivity index (χ4n) is 1.71. The minimum absolute atomic E-state index is 0.0216. The minimum Gasteiger partial charge on any atom is -0.433 e. The van der Waals surface area contributed by atoms with Gasteiger partial charge >= 0.3 is 12.6 Å². The molecule has 0 aromatic heterocycles. The first kappa shape index (κ1) is 18.1. The van der Waals surface area contributed by atoms with E-state index in [0.717, 1.165) is 18.2 Å². The maximum Gasteiger partial charge on any atom is 0.387 e. The van der Waals surface area contributed by atoms with E-state index in [1.54, 1.807) is 13.8 Å². The molecule has 5 nitrogen and oxygen atoms in total. The second-order valence-electron chi connectivity index (χ2n) is 4.76. The molecule has 3 N–H and O–H groups in total. The van der Waals surface area contributed by atoms with Crippen molar-refractivity contribution in [2.45, 2.75) is 38.9 Å². The molecule has 1 aromatic carbocycles. The predicted molar refractivity (Wildman–Crippen MR) is 75.6 cm³/mol. The van der Waals surface area contributed by atoms with E-state index >= 15 is 0 Å². The topological polar surface area (TPSA) is 70.6 Å². The highest BCUT2D eigenvalue weighted by Crippen LogP contribution is 2.27. The molecule has 0 fully saturated rings. The van der Waals surface area contributed by atoms with Gasteiger partial charge in [0, 0.05) is 12.6 Å². The van der Waals surface area contributed by atoms with Crippen LogP contribution in [0, 0.1) is 5.82 Å². The lowest BCUT2D eigenvalue weighted by Gasteiger charge is -2.25. The summed E-state index contributed by atoms with van der Waals surface area (Å²) >= 11 is 0. The number of nitrogens with one attached hydrogen (secondary N) is 2. The number of urea groups is 1. The van der Waals surface area contributed by atoms with Crippen LogP contribution in [0.4, 0.5) is 23.7 Å². The number of ether oxygens (including phenoxy) is 1. The largest absolute Gasteiger partial charge is 0.433 e. The third-order valence-electron chi connectivity index (χ3n) is 3.30. The van der Waals surface area contributed by atoms with Crippen LogP contribution < -0.4 is 15.4 Å². The number of hydrogen-bond donors (Lipinski definition) is 3. The van der Waals surface area contributed by atoms with Gasteiger partial charge < -0.3 is 20.5 Å². The van der Waals surface area contributed by atoms with Crippen molar-refractivity contribution in [3.8, 4) is 5.75 Å². The van der Waals surface area contributed by atoms with E-state index in [9.17, 15) is 23.1 Å². The smallest absolute Gasteiger partial charge is 0.387 e. The summed E-state index contributed by atoms with van der Waals surface area (Å²) in [7, 11) is 0. The number of rotatable bonds is 7. The van der Waals surface area contributed by atoms with Gasteiger partial charge in [-0.3, -0.25) is 0 Å². The number of aliphatic hydroxyl groups is 1. The lowest BCUT2D eigenvalue weighted by atomic mass is 9.98. The SMILES string of the molecule is CCC(O)(CC)CNC(=O)Nc1cc(F)ccc1OC(F)F. The van der Waals surface area contributed by atoms with Crippen LogP contribution in [0.1, 0.15) is 26.7 Å². The number of halogens is 3. The summed E-state index contributed by atoms with van der Waals surface area (Å²) in [6.07, 6.45) is 0.868. The Hall–Kier alpha value is -1.96. The summed E-state index contributed by atoms with van der Waals surface area (Å²) in [5, 5.41) is 14.7. The molecule has 0 spiro atoms. The highest BCUT2D eigenvalue weighted by molar-refractivity contribution is 5.90. The Bertz CT molecular complexity index is 508. The molecule has 0 heterocycles. The van der Waals surface area contributed by atoms with Crippen LogP contribution in [0.5, 0.6) is 5.75 Å². The van der Waals surface area contributed by atoms with Gasteiger partial charge in [-0.1, -0.05) is 13.8 Å². The highest BCUT2D eigenvalue weighted by atomic mass is 19.3. The number of alkyl halides is 2. The quantitative estimate of drug-likeness (QED) is 0.723. The predicted octanol–water partition coefficient (Wildman–Crippen LogP) is 3.10. The van der Waals surface area contributed by atoms with Crippen molar-refractivity contribution in [3.63, 3.8) is 0 Å². The molecule has 0 radical (unpaired) electrons. The Labute approximate surface area is 126 Å². The molecular weight excluding hydrogens is 301 g/mol. The average molecular weight is 320 g/mol. The monoisotopic (exact) mass is 320 g/mol. The molecule has 1 rings (SSSR count). The first-order chi connectivity index (χ1) is 10.3. The van der Waals surface area contributed by atoms with Crippen LogP contribution in [-0.2, 0) is 0 Å². The van der Waals surface area contributed by atoms with Crippen LogP contribution in [0.15, 0.2) is 18.2 Å². The lowest BCUT2D eigenvalue weighted by Crippen LogP contribution is -2.43. The molecule has 0 saturated heterocycles. The van der Waals surface area contributed by atoms with Gasteiger partial charge in [0.2, 0.25) is 0 Å². The molecule has 2 amide bonds. The summed E-state index contributed by atoms with van der Waals surface area (Å²) in [6, 6.07) is 2.03. The Kier molecular flexibility index (Phi) is 6.48. The minimum atomic E-state index is -3.10. The molecule has 0 saturated carbocycles. The third kappa shape index (κ3) is 5.44. The van der Waals surface area contributed by atoms with E-state index in [1.165, 1.54) is 0 Å². The molecule has 22 heavy (non-hydrogen) atoms. The fourth-order valence-corrected chi connectivity index (χ4v) is 1.71. The molecule has 1 aromatic rings. The maximum absolute atomic E-state index is 13.2. The van der Waals surface area contributed by atoms with Gasteiger partial charge in [0.05, 0.1) is 11.3 Å². The van der Waals surface area contributed by atoms with Crippen LogP contribution in [0.3, 0.4) is 0 Å². The standard InChI is InChI=1S/C14H19F3N2O3/c1-3-14(21,4-2)8-18-13(20)19-10-7-9(15)5-6-11(10)22-12(16)17/h5-7,12,21H,3-4,8H2,1-2H3,(H2,18,19,20). The average Bonchev–Trinajstić information content (AvgIpc) is 2.47. The first-order valence-electron chi connectivity index (χ1n) is 6.81. The van der Waals surface area contributed by atoms with E-state index in [4.69, 9.17) is 0 Å². The van der Waals surface area contributed by atoms with Crippen LogP contribution in [-0.4, -0.2) is 29.9 Å². The Balaban J connectivity index is 2.73. The number of carbonyl (C=O) groups excluding carboxylic acids is 1. The van der Waals surface area contributed by atoms with Crippen molar-refractivity contribution in [1.82, 2.24) is 5.32 Å². The first-order valence-corrected chi connectivity index (χ1v) is 6.81. The van der Waals surface area contributed by atoms with Gasteiger partial charge in [-0.2, -0.15) is 8.78 Å². The Morgan fingerprint density at radius 1 is 1.36 bits per heavy atom. The van der Waals surface area contributed by atoms with Crippen molar-refractivity contribution < 1.29 is 27.8 Å². The normalized spacial score (nSPS) is 11.4. The maximum atomic E-state index is 13.2. The number of anilines is 1. The zero-order chi connectivity index (χ0) is 16.8. The number of hydrogen-bond acceptors (Lipinski definition) is 3. The Morgan fingerprint density at radius 2 is 2.00 bits per heavy atom. The summed E-state index contributed by atoms with van der Waals surface area (Å²) < 4.78 is 41.9. The summed E-state index contributed by atoms with van der Waals surface area (Å²) in [6.45, 7) is 0.417. The Morgan fingerprint density at radius 3 is 2.55 bits per heavy atom. The molecule has 0 aliphatic rings. The zero-order valence-corrected chi connectivity index (χ0v) is 12.3. The summed E-state index contributed by atoms with van der Waals surface area (Å²) in [4.78, 5) is 11.7. The van der Waals surface area contributed by atoms with E-state index in [0.29, 0.717) is 12.8 Å². The summed E-state index contributed by atoms with van der Waals surface area (Å²) in [5.74, 6) is -1.07. The van der Waals surface area contributed by atoms with Crippen LogP contribution >= 0.6 is 0 Å². The number of benzene rings is 1. The van der Waals surface area contributed by atoms with Crippen molar-refractivity contribution >= 4 is 11.7 Å². The van der Waals surface area contributed by atoms with Crippen molar-refractivity contribution in [2.24, 2.45) is 0 Å². The molecule has 0 atom stereocenters. The van der Waals surface area contributed by atoms with E-state index in [2.05, 4.69) is 15.4 Å². The van der Waals surface area contributed by atoms with E-state index in [-0.39, 0.29) is 18.0 Å². The van der Waals surface area contributed by atoms with Gasteiger partial charge in [-0.15, -0.1) is 0 Å². The highest BCUT2D eigenvalue weighted by Gasteiger charge is 2.23. The van der Waals surface area contributed by atoms with Crippen molar-refractivity contribution in [2.75, 3.05) is 11.9 Å². The van der Waals surface area contributed by atoms with E-state index < -0.39 is 24.1 Å². The van der Waals surface area contributed by atoms with Gasteiger partial charge in [0.1, 0.15) is 11.6 Å². The second kappa shape index (κ2) is 7.88. The fraction of sp³-hybridized carbons (Fsp3) is 0.500. The molecule has 0 aliphatic heterocycles. The number of carbonyl (C=O) groups is 1. The lowest BCUT2D eigenvalue weighted by molar-refractivity contribution is -0.0494. The van der Waals surface area contributed by atoms with Gasteiger partial charge in [-0.05, 0) is 25.0 Å². The third-order valence-corrected chi connectivity index (χ3v) is 3.30. The molecule has 8 heteroatoms.